The first-order valence-corrected chi connectivity index (χ1v) is 8.47. The van der Waals surface area contributed by atoms with Crippen LogP contribution in [0.25, 0.3) is 10.1 Å². The lowest BCUT2D eigenvalue weighted by Crippen LogP contribution is -2.08. The van der Waals surface area contributed by atoms with E-state index in [2.05, 4.69) is 13.0 Å². The third-order valence-electron chi connectivity index (χ3n) is 3.74. The van der Waals surface area contributed by atoms with Gasteiger partial charge in [0.25, 0.3) is 0 Å². The van der Waals surface area contributed by atoms with E-state index in [-0.39, 0.29) is 11.9 Å². The zero-order valence-electron chi connectivity index (χ0n) is 12.2. The predicted octanol–water partition coefficient (Wildman–Crippen LogP) is 5.79. The van der Waals surface area contributed by atoms with Gasteiger partial charge in [0.05, 0.1) is 0 Å². The molecule has 3 heteroatoms. The molecule has 2 aromatic rings. The van der Waals surface area contributed by atoms with Crippen LogP contribution in [0.2, 0.25) is 0 Å². The van der Waals surface area contributed by atoms with Crippen LogP contribution >= 0.6 is 11.3 Å². The van der Waals surface area contributed by atoms with E-state index in [1.807, 2.05) is 6.07 Å². The van der Waals surface area contributed by atoms with Crippen LogP contribution in [0.3, 0.4) is 0 Å². The molecule has 1 atom stereocenters. The zero-order chi connectivity index (χ0) is 14.4. The van der Waals surface area contributed by atoms with Gasteiger partial charge in [0, 0.05) is 15.6 Å². The number of halogens is 1. The summed E-state index contributed by atoms with van der Waals surface area (Å²) in [6, 6.07) is 7.16. The molecule has 2 N–H and O–H groups in total. The molecule has 110 valence electrons. The Morgan fingerprint density at radius 1 is 1.10 bits per heavy atom. The Kier molecular flexibility index (Phi) is 5.99. The fourth-order valence-electron chi connectivity index (χ4n) is 2.50. The number of rotatable bonds is 8. The Morgan fingerprint density at radius 2 is 1.85 bits per heavy atom. The normalized spacial score (nSPS) is 12.9. The zero-order valence-corrected chi connectivity index (χ0v) is 13.0. The van der Waals surface area contributed by atoms with E-state index < -0.39 is 0 Å². The molecule has 0 saturated carbocycles. The largest absolute Gasteiger partial charge is 0.323 e. The molecule has 1 unspecified atom stereocenters. The van der Waals surface area contributed by atoms with Gasteiger partial charge in [-0.15, -0.1) is 11.3 Å². The average molecular weight is 293 g/mol. The highest BCUT2D eigenvalue weighted by Crippen LogP contribution is 2.31. The van der Waals surface area contributed by atoms with Gasteiger partial charge in [0.2, 0.25) is 0 Å². The van der Waals surface area contributed by atoms with E-state index in [4.69, 9.17) is 5.73 Å². The van der Waals surface area contributed by atoms with Crippen LogP contribution in [-0.4, -0.2) is 0 Å². The molecule has 0 aliphatic heterocycles. The van der Waals surface area contributed by atoms with Crippen molar-refractivity contribution < 1.29 is 4.39 Å². The highest BCUT2D eigenvalue weighted by Gasteiger charge is 2.10. The number of unbranched alkanes of at least 4 members (excludes halogenated alkanes) is 5. The van der Waals surface area contributed by atoms with Crippen LogP contribution in [0.4, 0.5) is 4.39 Å². The highest BCUT2D eigenvalue weighted by molar-refractivity contribution is 7.19. The lowest BCUT2D eigenvalue weighted by atomic mass is 10.0. The summed E-state index contributed by atoms with van der Waals surface area (Å²) in [5.41, 5.74) is 6.25. The predicted molar refractivity (Wildman–Crippen MR) is 86.7 cm³/mol. The third-order valence-corrected chi connectivity index (χ3v) is 4.97. The molecule has 1 heterocycles. The minimum Gasteiger partial charge on any atom is -0.323 e. The van der Waals surface area contributed by atoms with Crippen LogP contribution in [0, 0.1) is 5.82 Å². The van der Waals surface area contributed by atoms with E-state index in [1.165, 1.54) is 49.5 Å². The topological polar surface area (TPSA) is 26.0 Å². The summed E-state index contributed by atoms with van der Waals surface area (Å²) >= 11 is 1.63. The van der Waals surface area contributed by atoms with Gasteiger partial charge in [0.1, 0.15) is 5.82 Å². The highest BCUT2D eigenvalue weighted by atomic mass is 32.1. The molecular formula is C17H24FNS. The summed E-state index contributed by atoms with van der Waals surface area (Å²) in [7, 11) is 0. The molecule has 1 aromatic carbocycles. The monoisotopic (exact) mass is 293 g/mol. The molecule has 0 radical (unpaired) electrons. The summed E-state index contributed by atoms with van der Waals surface area (Å²) in [4.78, 5) is 1.18. The Labute approximate surface area is 125 Å². The first kappa shape index (κ1) is 15.5. The van der Waals surface area contributed by atoms with Gasteiger partial charge in [-0.3, -0.25) is 0 Å². The number of benzene rings is 1. The molecule has 2 rings (SSSR count). The van der Waals surface area contributed by atoms with E-state index in [9.17, 15) is 4.39 Å². The van der Waals surface area contributed by atoms with Gasteiger partial charge in [-0.05, 0) is 30.0 Å². The molecular weight excluding hydrogens is 269 g/mol. The van der Waals surface area contributed by atoms with Crippen molar-refractivity contribution in [1.82, 2.24) is 0 Å². The standard InChI is InChI=1S/C17H24FNS/c1-2-3-4-5-6-7-8-15(19)17-11-13-9-10-14(18)12-16(13)20-17/h9-12,15H,2-8,19H2,1H3. The van der Waals surface area contributed by atoms with Crippen molar-refractivity contribution in [2.75, 3.05) is 0 Å². The summed E-state index contributed by atoms with van der Waals surface area (Å²) in [6.45, 7) is 2.24. The molecule has 0 aliphatic carbocycles. The Balaban J connectivity index is 1.83. The van der Waals surface area contributed by atoms with Crippen LogP contribution in [0.5, 0.6) is 0 Å². The van der Waals surface area contributed by atoms with Gasteiger partial charge in [-0.25, -0.2) is 4.39 Å². The Hall–Kier alpha value is -0.930. The fraction of sp³-hybridized carbons (Fsp3) is 0.529. The number of thiophene rings is 1. The van der Waals surface area contributed by atoms with Gasteiger partial charge in [0.15, 0.2) is 0 Å². The lowest BCUT2D eigenvalue weighted by Gasteiger charge is -2.08. The Bertz CT molecular complexity index is 535. The number of nitrogens with two attached hydrogens (primary N) is 1. The van der Waals surface area contributed by atoms with E-state index in [1.54, 1.807) is 17.4 Å². The van der Waals surface area contributed by atoms with Crippen molar-refractivity contribution in [3.63, 3.8) is 0 Å². The van der Waals surface area contributed by atoms with E-state index in [0.717, 1.165) is 16.5 Å². The van der Waals surface area contributed by atoms with Gasteiger partial charge in [-0.2, -0.15) is 0 Å². The second-order valence-corrected chi connectivity index (χ2v) is 6.61. The first-order valence-electron chi connectivity index (χ1n) is 7.65. The average Bonchev–Trinajstić information content (AvgIpc) is 2.85. The fourth-order valence-corrected chi connectivity index (χ4v) is 3.62. The van der Waals surface area contributed by atoms with Crippen LogP contribution in [-0.2, 0) is 0 Å². The van der Waals surface area contributed by atoms with Crippen molar-refractivity contribution in [1.29, 1.82) is 0 Å². The minimum absolute atomic E-state index is 0.0987. The van der Waals surface area contributed by atoms with Gasteiger partial charge >= 0.3 is 0 Å². The molecule has 0 bridgehead atoms. The van der Waals surface area contributed by atoms with Crippen molar-refractivity contribution in [3.05, 3.63) is 35.0 Å². The quantitative estimate of drug-likeness (QED) is 0.612. The van der Waals surface area contributed by atoms with Crippen molar-refractivity contribution in [2.45, 2.75) is 57.9 Å². The molecule has 1 aromatic heterocycles. The van der Waals surface area contributed by atoms with E-state index in [0.29, 0.717) is 0 Å². The number of hydrogen-bond acceptors (Lipinski definition) is 2. The van der Waals surface area contributed by atoms with Crippen LogP contribution in [0.15, 0.2) is 24.3 Å². The maximum atomic E-state index is 13.2. The van der Waals surface area contributed by atoms with Crippen LogP contribution in [0.1, 0.15) is 62.8 Å². The second kappa shape index (κ2) is 7.75. The Morgan fingerprint density at radius 3 is 2.65 bits per heavy atom. The molecule has 0 amide bonds. The minimum atomic E-state index is -0.171. The summed E-state index contributed by atoms with van der Waals surface area (Å²) in [5, 5.41) is 1.10. The molecule has 0 saturated heterocycles. The van der Waals surface area contributed by atoms with Crippen molar-refractivity contribution in [3.8, 4) is 0 Å². The maximum absolute atomic E-state index is 13.2. The summed E-state index contributed by atoms with van der Waals surface area (Å²) in [6.07, 6.45) is 8.78. The second-order valence-electron chi connectivity index (χ2n) is 5.49. The molecule has 0 aliphatic rings. The number of hydrogen-bond donors (Lipinski definition) is 1. The molecule has 0 spiro atoms. The SMILES string of the molecule is CCCCCCCCC(N)c1cc2ccc(F)cc2s1. The summed E-state index contributed by atoms with van der Waals surface area (Å²) < 4.78 is 14.2. The van der Waals surface area contributed by atoms with Crippen LogP contribution < -0.4 is 5.73 Å². The smallest absolute Gasteiger partial charge is 0.124 e. The molecule has 1 nitrogen and oxygen atoms in total. The molecule has 0 fully saturated rings. The number of fused-ring (bicyclic) bond motifs is 1. The van der Waals surface area contributed by atoms with Crippen molar-refractivity contribution in [2.24, 2.45) is 5.73 Å². The van der Waals surface area contributed by atoms with Gasteiger partial charge < -0.3 is 5.73 Å². The third kappa shape index (κ3) is 4.29. The lowest BCUT2D eigenvalue weighted by molar-refractivity contribution is 0.551. The van der Waals surface area contributed by atoms with Crippen molar-refractivity contribution >= 4 is 21.4 Å². The van der Waals surface area contributed by atoms with E-state index >= 15 is 0 Å². The summed E-state index contributed by atoms with van der Waals surface area (Å²) in [5.74, 6) is -0.171. The van der Waals surface area contributed by atoms with Gasteiger partial charge in [-0.1, -0.05) is 51.5 Å². The molecule has 20 heavy (non-hydrogen) atoms. The maximum Gasteiger partial charge on any atom is 0.124 e. The first-order chi connectivity index (χ1) is 9.70.